The molecule has 1 aliphatic heterocycles. The second kappa shape index (κ2) is 6.63. The third-order valence-corrected chi connectivity index (χ3v) is 2.96. The van der Waals surface area contributed by atoms with E-state index in [0.717, 1.165) is 6.42 Å². The van der Waals surface area contributed by atoms with E-state index in [4.69, 9.17) is 0 Å². The van der Waals surface area contributed by atoms with Gasteiger partial charge in [0.1, 0.15) is 5.82 Å². The Bertz CT molecular complexity index is 563. The zero-order valence-electron chi connectivity index (χ0n) is 11.5. The van der Waals surface area contributed by atoms with Gasteiger partial charge in [0.05, 0.1) is 0 Å². The molecule has 1 N–H and O–H groups in total. The maximum absolute atomic E-state index is 11.9. The minimum Gasteiger partial charge on any atom is -0.440 e. The van der Waals surface area contributed by atoms with Crippen LogP contribution in [-0.2, 0) is 16.1 Å². The number of alkyl halides is 3. The lowest BCUT2D eigenvalue weighted by molar-refractivity contribution is -0.160. The van der Waals surface area contributed by atoms with E-state index in [-0.39, 0.29) is 12.5 Å². The van der Waals surface area contributed by atoms with Crippen LogP contribution in [0.4, 0.5) is 23.8 Å². The summed E-state index contributed by atoms with van der Waals surface area (Å²) in [5.74, 6) is 0.438. The van der Waals surface area contributed by atoms with Gasteiger partial charge in [-0.05, 0) is 24.1 Å². The number of rotatable bonds is 4. The molecule has 0 aromatic carbocycles. The van der Waals surface area contributed by atoms with E-state index < -0.39 is 18.9 Å². The highest BCUT2D eigenvalue weighted by molar-refractivity contribution is 5.94. The second-order valence-electron chi connectivity index (χ2n) is 4.72. The average molecular weight is 317 g/mol. The lowest BCUT2D eigenvalue weighted by atomic mass is 10.2. The van der Waals surface area contributed by atoms with Gasteiger partial charge in [-0.1, -0.05) is 0 Å². The average Bonchev–Trinajstić information content (AvgIpc) is 2.89. The third kappa shape index (κ3) is 4.61. The molecule has 1 aromatic heterocycles. The van der Waals surface area contributed by atoms with E-state index in [1.165, 1.54) is 11.1 Å². The predicted molar refractivity (Wildman–Crippen MR) is 70.1 cm³/mol. The van der Waals surface area contributed by atoms with Crippen molar-refractivity contribution in [3.63, 3.8) is 0 Å². The number of carbonyl (C=O) groups is 2. The summed E-state index contributed by atoms with van der Waals surface area (Å²) in [7, 11) is 0. The van der Waals surface area contributed by atoms with E-state index >= 15 is 0 Å². The normalized spacial score (nSPS) is 15.0. The van der Waals surface area contributed by atoms with Crippen molar-refractivity contribution in [2.45, 2.75) is 25.6 Å². The van der Waals surface area contributed by atoms with Gasteiger partial charge in [0.15, 0.2) is 6.61 Å². The summed E-state index contributed by atoms with van der Waals surface area (Å²) in [6, 6.07) is 3.20. The minimum atomic E-state index is -4.56. The number of pyridine rings is 1. The number of ether oxygens (including phenoxy) is 1. The molecule has 22 heavy (non-hydrogen) atoms. The van der Waals surface area contributed by atoms with Crippen molar-refractivity contribution in [1.82, 2.24) is 10.3 Å². The first-order valence-electron chi connectivity index (χ1n) is 6.58. The van der Waals surface area contributed by atoms with Gasteiger partial charge in [0.25, 0.3) is 0 Å². The topological polar surface area (TPSA) is 71.5 Å². The molecule has 2 amide bonds. The summed E-state index contributed by atoms with van der Waals surface area (Å²) in [5, 5.41) is 2.21. The molecule has 0 bridgehead atoms. The van der Waals surface area contributed by atoms with Crippen LogP contribution in [0.25, 0.3) is 0 Å². The zero-order chi connectivity index (χ0) is 16.2. The first-order valence-corrected chi connectivity index (χ1v) is 6.58. The molecule has 9 heteroatoms. The second-order valence-corrected chi connectivity index (χ2v) is 4.72. The molecular formula is C13H14F3N3O3. The number of nitrogens with one attached hydrogen (secondary N) is 1. The Labute approximate surface area is 124 Å². The van der Waals surface area contributed by atoms with E-state index in [0.29, 0.717) is 24.3 Å². The van der Waals surface area contributed by atoms with Crippen LogP contribution in [0.5, 0.6) is 0 Å². The van der Waals surface area contributed by atoms with Crippen molar-refractivity contribution in [3.05, 3.63) is 23.9 Å². The van der Waals surface area contributed by atoms with Gasteiger partial charge in [0.2, 0.25) is 5.91 Å². The molecule has 0 aliphatic carbocycles. The molecule has 0 saturated carbocycles. The molecule has 1 saturated heterocycles. The first kappa shape index (κ1) is 16.1. The smallest absolute Gasteiger partial charge is 0.422 e. The molecule has 2 rings (SSSR count). The van der Waals surface area contributed by atoms with E-state index in [1.54, 1.807) is 12.1 Å². The van der Waals surface area contributed by atoms with Crippen molar-refractivity contribution in [2.24, 2.45) is 0 Å². The van der Waals surface area contributed by atoms with E-state index in [2.05, 4.69) is 15.0 Å². The van der Waals surface area contributed by atoms with Crippen LogP contribution >= 0.6 is 0 Å². The SMILES string of the molecule is O=C(NCc1ccnc(N2CCCC2=O)c1)OCC(F)(F)F. The Morgan fingerprint density at radius 1 is 1.45 bits per heavy atom. The number of amides is 2. The molecule has 0 spiro atoms. The Hall–Kier alpha value is -2.32. The third-order valence-electron chi connectivity index (χ3n) is 2.96. The number of alkyl carbamates (subject to hydrolysis) is 1. The van der Waals surface area contributed by atoms with Crippen molar-refractivity contribution in [3.8, 4) is 0 Å². The number of halogens is 3. The maximum Gasteiger partial charge on any atom is 0.422 e. The fourth-order valence-corrected chi connectivity index (χ4v) is 1.98. The number of aromatic nitrogens is 1. The minimum absolute atomic E-state index is 0.0196. The summed E-state index contributed by atoms with van der Waals surface area (Å²) < 4.78 is 39.7. The summed E-state index contributed by atoms with van der Waals surface area (Å²) in [5.41, 5.74) is 0.605. The van der Waals surface area contributed by atoms with Crippen LogP contribution in [0.1, 0.15) is 18.4 Å². The van der Waals surface area contributed by atoms with Gasteiger partial charge >= 0.3 is 12.3 Å². The van der Waals surface area contributed by atoms with Crippen LogP contribution in [-0.4, -0.2) is 36.3 Å². The van der Waals surface area contributed by atoms with Crippen molar-refractivity contribution >= 4 is 17.8 Å². The van der Waals surface area contributed by atoms with Crippen LogP contribution in [0, 0.1) is 0 Å². The van der Waals surface area contributed by atoms with Gasteiger partial charge in [0, 0.05) is 25.7 Å². The van der Waals surface area contributed by atoms with Crippen LogP contribution < -0.4 is 10.2 Å². The predicted octanol–water partition coefficient (Wildman–Crippen LogP) is 2.00. The van der Waals surface area contributed by atoms with E-state index in [1.807, 2.05) is 0 Å². The number of hydrogen-bond acceptors (Lipinski definition) is 4. The highest BCUT2D eigenvalue weighted by atomic mass is 19.4. The Morgan fingerprint density at radius 3 is 2.86 bits per heavy atom. The molecule has 0 atom stereocenters. The van der Waals surface area contributed by atoms with Crippen LogP contribution in [0.3, 0.4) is 0 Å². The molecule has 1 aromatic rings. The Morgan fingerprint density at radius 2 is 2.23 bits per heavy atom. The maximum atomic E-state index is 11.9. The summed E-state index contributed by atoms with van der Waals surface area (Å²) in [6.45, 7) is -1.08. The van der Waals surface area contributed by atoms with Gasteiger partial charge in [-0.15, -0.1) is 0 Å². The van der Waals surface area contributed by atoms with Crippen LogP contribution in [0.15, 0.2) is 18.3 Å². The van der Waals surface area contributed by atoms with Crippen molar-refractivity contribution in [2.75, 3.05) is 18.1 Å². The highest BCUT2D eigenvalue weighted by Crippen LogP contribution is 2.19. The molecule has 2 heterocycles. The molecule has 1 aliphatic rings. The molecule has 0 radical (unpaired) electrons. The lowest BCUT2D eigenvalue weighted by Gasteiger charge is -2.15. The summed E-state index contributed by atoms with van der Waals surface area (Å²) in [4.78, 5) is 28.4. The summed E-state index contributed by atoms with van der Waals surface area (Å²) in [6.07, 6.45) is -3.02. The molecule has 1 fully saturated rings. The number of nitrogens with zero attached hydrogens (tertiary/aromatic N) is 2. The summed E-state index contributed by atoms with van der Waals surface area (Å²) >= 11 is 0. The van der Waals surface area contributed by atoms with E-state index in [9.17, 15) is 22.8 Å². The fourth-order valence-electron chi connectivity index (χ4n) is 1.98. The Kier molecular flexibility index (Phi) is 4.84. The number of hydrogen-bond donors (Lipinski definition) is 1. The van der Waals surface area contributed by atoms with Gasteiger partial charge in [-0.2, -0.15) is 13.2 Å². The fraction of sp³-hybridized carbons (Fsp3) is 0.462. The zero-order valence-corrected chi connectivity index (χ0v) is 11.5. The standard InChI is InChI=1S/C13H14F3N3O3/c14-13(15,16)8-22-12(21)18-7-9-3-4-17-10(6-9)19-5-1-2-11(19)20/h3-4,6H,1-2,5,7-8H2,(H,18,21). The van der Waals surface area contributed by atoms with Crippen LogP contribution in [0.2, 0.25) is 0 Å². The molecule has 120 valence electrons. The lowest BCUT2D eigenvalue weighted by Crippen LogP contribution is -2.29. The highest BCUT2D eigenvalue weighted by Gasteiger charge is 2.29. The van der Waals surface area contributed by atoms with Crippen molar-refractivity contribution < 1.29 is 27.5 Å². The number of anilines is 1. The monoisotopic (exact) mass is 317 g/mol. The number of carbonyl (C=O) groups excluding carboxylic acids is 2. The van der Waals surface area contributed by atoms with Crippen molar-refractivity contribution in [1.29, 1.82) is 0 Å². The first-order chi connectivity index (χ1) is 10.3. The van der Waals surface area contributed by atoms with Gasteiger partial charge in [-0.25, -0.2) is 9.78 Å². The quantitative estimate of drug-likeness (QED) is 0.922. The van der Waals surface area contributed by atoms with Gasteiger partial charge < -0.3 is 10.1 Å². The molecule has 0 unspecified atom stereocenters. The Balaban J connectivity index is 1.88. The largest absolute Gasteiger partial charge is 0.440 e. The molecular weight excluding hydrogens is 303 g/mol. The van der Waals surface area contributed by atoms with Gasteiger partial charge in [-0.3, -0.25) is 9.69 Å². The molecule has 6 nitrogen and oxygen atoms in total.